The molecule has 0 aliphatic carbocycles. The first-order valence-electron chi connectivity index (χ1n) is 8.12. The number of carbonyl (C=O) groups excluding carboxylic acids is 1. The maximum atomic E-state index is 12.2. The number of non-ortho nitro benzene ring substituents is 1. The highest BCUT2D eigenvalue weighted by molar-refractivity contribution is 5.90. The van der Waals surface area contributed by atoms with Crippen LogP contribution < -0.4 is 10.9 Å². The van der Waals surface area contributed by atoms with Crippen LogP contribution in [0.1, 0.15) is 5.56 Å². The molecule has 1 amide bonds. The summed E-state index contributed by atoms with van der Waals surface area (Å²) < 4.78 is 1.03. The van der Waals surface area contributed by atoms with Gasteiger partial charge < -0.3 is 5.32 Å². The molecule has 0 spiro atoms. The molecule has 1 N–H and O–H groups in total. The van der Waals surface area contributed by atoms with Gasteiger partial charge in [0.2, 0.25) is 5.91 Å². The highest BCUT2D eigenvalue weighted by Crippen LogP contribution is 2.21. The third-order valence-electron chi connectivity index (χ3n) is 3.81. The summed E-state index contributed by atoms with van der Waals surface area (Å²) in [6.45, 7) is 1.64. The van der Waals surface area contributed by atoms with Gasteiger partial charge in [0.25, 0.3) is 11.2 Å². The Morgan fingerprint density at radius 3 is 2.67 bits per heavy atom. The fraction of sp³-hybridized carbons (Fsp3) is 0.105. The highest BCUT2D eigenvalue weighted by Gasteiger charge is 2.11. The van der Waals surface area contributed by atoms with Crippen LogP contribution in [-0.2, 0) is 11.3 Å². The maximum Gasteiger partial charge on any atom is 0.270 e. The van der Waals surface area contributed by atoms with E-state index in [4.69, 9.17) is 0 Å². The molecule has 0 atom stereocenters. The van der Waals surface area contributed by atoms with Gasteiger partial charge in [-0.05, 0) is 30.7 Å². The van der Waals surface area contributed by atoms with Gasteiger partial charge in [-0.3, -0.25) is 19.7 Å². The third-order valence-corrected chi connectivity index (χ3v) is 3.81. The van der Waals surface area contributed by atoms with Gasteiger partial charge >= 0.3 is 0 Å². The summed E-state index contributed by atoms with van der Waals surface area (Å²) in [5.74, 6) is -0.397. The standard InChI is InChI=1S/C19H16N4O4/c1-13-4-2-6-15(10-13)20-18(24)12-22-19(25)9-8-17(21-22)14-5-3-7-16(11-14)23(26)27/h2-11H,12H2,1H3,(H,20,24). The van der Waals surface area contributed by atoms with Gasteiger partial charge in [0.1, 0.15) is 6.54 Å². The summed E-state index contributed by atoms with van der Waals surface area (Å²) in [7, 11) is 0. The van der Waals surface area contributed by atoms with Gasteiger partial charge in [-0.15, -0.1) is 0 Å². The monoisotopic (exact) mass is 364 g/mol. The molecule has 8 heteroatoms. The first-order chi connectivity index (χ1) is 12.9. The summed E-state index contributed by atoms with van der Waals surface area (Å²) in [6.07, 6.45) is 0. The Morgan fingerprint density at radius 2 is 1.93 bits per heavy atom. The number of hydrogen-bond donors (Lipinski definition) is 1. The molecule has 0 aliphatic heterocycles. The van der Waals surface area contributed by atoms with Crippen LogP contribution in [0.15, 0.2) is 65.5 Å². The molecule has 0 radical (unpaired) electrons. The Bertz CT molecular complexity index is 1080. The number of nitro benzene ring substituents is 1. The quantitative estimate of drug-likeness (QED) is 0.553. The second kappa shape index (κ2) is 7.61. The van der Waals surface area contributed by atoms with Crippen LogP contribution in [0.25, 0.3) is 11.3 Å². The molecule has 2 aromatic carbocycles. The van der Waals surface area contributed by atoms with Crippen LogP contribution in [0.3, 0.4) is 0 Å². The maximum absolute atomic E-state index is 12.2. The second-order valence-electron chi connectivity index (χ2n) is 5.94. The lowest BCUT2D eigenvalue weighted by Crippen LogP contribution is -2.29. The lowest BCUT2D eigenvalue weighted by Gasteiger charge is -2.09. The zero-order valence-electron chi connectivity index (χ0n) is 14.5. The van der Waals surface area contributed by atoms with Gasteiger partial charge in [0.15, 0.2) is 0 Å². The number of nitrogens with zero attached hydrogens (tertiary/aromatic N) is 3. The molecular weight excluding hydrogens is 348 g/mol. The minimum atomic E-state index is -0.505. The summed E-state index contributed by atoms with van der Waals surface area (Å²) in [5, 5.41) is 17.8. The second-order valence-corrected chi connectivity index (χ2v) is 5.94. The van der Waals surface area contributed by atoms with Crippen LogP contribution >= 0.6 is 0 Å². The SMILES string of the molecule is Cc1cccc(NC(=O)Cn2nc(-c3cccc([N+](=O)[O-])c3)ccc2=O)c1. The van der Waals surface area contributed by atoms with Crippen molar-refractivity contribution >= 4 is 17.3 Å². The summed E-state index contributed by atoms with van der Waals surface area (Å²) >= 11 is 0. The van der Waals surface area contributed by atoms with E-state index in [9.17, 15) is 19.7 Å². The van der Waals surface area contributed by atoms with Crippen molar-refractivity contribution in [1.29, 1.82) is 0 Å². The smallest absolute Gasteiger partial charge is 0.270 e. The van der Waals surface area contributed by atoms with E-state index in [1.165, 1.54) is 30.3 Å². The van der Waals surface area contributed by atoms with Crippen LogP contribution in [0.2, 0.25) is 0 Å². The highest BCUT2D eigenvalue weighted by atomic mass is 16.6. The number of hydrogen-bond acceptors (Lipinski definition) is 5. The average Bonchev–Trinajstić information content (AvgIpc) is 2.63. The Hall–Kier alpha value is -3.81. The fourth-order valence-electron chi connectivity index (χ4n) is 2.55. The molecule has 136 valence electrons. The lowest BCUT2D eigenvalue weighted by molar-refractivity contribution is -0.384. The number of aromatic nitrogens is 2. The summed E-state index contributed by atoms with van der Waals surface area (Å²) in [4.78, 5) is 34.7. The minimum absolute atomic E-state index is 0.0794. The number of nitrogens with one attached hydrogen (secondary N) is 1. The van der Waals surface area contributed by atoms with E-state index in [0.29, 0.717) is 16.9 Å². The van der Waals surface area contributed by atoms with E-state index in [-0.39, 0.29) is 12.2 Å². The van der Waals surface area contributed by atoms with Crippen molar-refractivity contribution in [2.75, 3.05) is 5.32 Å². The number of amides is 1. The van der Waals surface area contributed by atoms with Gasteiger partial charge in [0.05, 0.1) is 10.6 Å². The van der Waals surface area contributed by atoms with E-state index in [1.54, 1.807) is 12.1 Å². The van der Waals surface area contributed by atoms with Crippen LogP contribution in [0.4, 0.5) is 11.4 Å². The van der Waals surface area contributed by atoms with Crippen molar-refractivity contribution in [3.05, 3.63) is 86.7 Å². The molecule has 27 heavy (non-hydrogen) atoms. The molecule has 8 nitrogen and oxygen atoms in total. The zero-order chi connectivity index (χ0) is 19.4. The molecule has 0 fully saturated rings. The Morgan fingerprint density at radius 1 is 1.15 bits per heavy atom. The number of aryl methyl sites for hydroxylation is 1. The van der Waals surface area contributed by atoms with Gasteiger partial charge in [-0.2, -0.15) is 5.10 Å². The fourth-order valence-corrected chi connectivity index (χ4v) is 2.55. The van der Waals surface area contributed by atoms with Crippen molar-refractivity contribution in [2.24, 2.45) is 0 Å². The topological polar surface area (TPSA) is 107 Å². The Labute approximate surface area is 154 Å². The van der Waals surface area contributed by atoms with Gasteiger partial charge in [-0.1, -0.05) is 24.3 Å². The van der Waals surface area contributed by atoms with E-state index in [1.807, 2.05) is 25.1 Å². The molecular formula is C19H16N4O4. The Kier molecular flexibility index (Phi) is 5.07. The third kappa shape index (κ3) is 4.43. The van der Waals surface area contributed by atoms with Crippen LogP contribution in [-0.4, -0.2) is 20.6 Å². The van der Waals surface area contributed by atoms with E-state index in [2.05, 4.69) is 10.4 Å². The van der Waals surface area contributed by atoms with Crippen molar-refractivity contribution in [3.63, 3.8) is 0 Å². The number of benzene rings is 2. The minimum Gasteiger partial charge on any atom is -0.324 e. The molecule has 0 aliphatic rings. The predicted octanol–water partition coefficient (Wildman–Crippen LogP) is 2.77. The number of anilines is 1. The average molecular weight is 364 g/mol. The van der Waals surface area contributed by atoms with Crippen LogP contribution in [0.5, 0.6) is 0 Å². The summed E-state index contributed by atoms with van der Waals surface area (Å²) in [6, 6.07) is 16.0. The van der Waals surface area contributed by atoms with E-state index >= 15 is 0 Å². The molecule has 0 bridgehead atoms. The molecule has 0 unspecified atom stereocenters. The normalized spacial score (nSPS) is 10.4. The lowest BCUT2D eigenvalue weighted by atomic mass is 10.1. The van der Waals surface area contributed by atoms with Crippen molar-refractivity contribution in [2.45, 2.75) is 13.5 Å². The number of rotatable bonds is 5. The Balaban J connectivity index is 1.83. The van der Waals surface area contributed by atoms with Crippen molar-refractivity contribution in [1.82, 2.24) is 9.78 Å². The van der Waals surface area contributed by atoms with Gasteiger partial charge in [0, 0.05) is 29.4 Å². The first kappa shape index (κ1) is 18.0. The molecule has 3 aromatic rings. The predicted molar refractivity (Wildman–Crippen MR) is 100 cm³/mol. The molecule has 0 saturated heterocycles. The number of nitro groups is 1. The zero-order valence-corrected chi connectivity index (χ0v) is 14.5. The largest absolute Gasteiger partial charge is 0.324 e. The molecule has 0 saturated carbocycles. The number of carbonyl (C=O) groups is 1. The van der Waals surface area contributed by atoms with Crippen molar-refractivity contribution < 1.29 is 9.72 Å². The first-order valence-corrected chi connectivity index (χ1v) is 8.12. The molecule has 3 rings (SSSR count). The van der Waals surface area contributed by atoms with Crippen LogP contribution in [0, 0.1) is 17.0 Å². The van der Waals surface area contributed by atoms with Gasteiger partial charge in [-0.25, -0.2) is 4.68 Å². The van der Waals surface area contributed by atoms with E-state index in [0.717, 1.165) is 10.2 Å². The molecule has 1 aromatic heterocycles. The molecule has 1 heterocycles. The van der Waals surface area contributed by atoms with E-state index < -0.39 is 16.4 Å². The van der Waals surface area contributed by atoms with Crippen molar-refractivity contribution in [3.8, 4) is 11.3 Å². The summed E-state index contributed by atoms with van der Waals surface area (Å²) in [5.41, 5.74) is 1.95.